The van der Waals surface area contributed by atoms with Crippen molar-refractivity contribution in [1.29, 1.82) is 0 Å². The summed E-state index contributed by atoms with van der Waals surface area (Å²) in [7, 11) is 0. The summed E-state index contributed by atoms with van der Waals surface area (Å²) in [5.74, 6) is 0.735. The van der Waals surface area contributed by atoms with Gasteiger partial charge in [-0.2, -0.15) is 5.10 Å². The van der Waals surface area contributed by atoms with Crippen molar-refractivity contribution in [3.63, 3.8) is 0 Å². The van der Waals surface area contributed by atoms with Crippen molar-refractivity contribution in [3.05, 3.63) is 80.0 Å². The van der Waals surface area contributed by atoms with E-state index in [1.807, 2.05) is 43.3 Å². The van der Waals surface area contributed by atoms with Gasteiger partial charge < -0.3 is 4.84 Å². The monoisotopic (exact) mass is 466 g/mol. The van der Waals surface area contributed by atoms with Gasteiger partial charge in [-0.25, -0.2) is 4.98 Å². The lowest BCUT2D eigenvalue weighted by molar-refractivity contribution is 0.131. The molecule has 0 aliphatic rings. The van der Waals surface area contributed by atoms with Gasteiger partial charge in [0.15, 0.2) is 0 Å². The molecule has 0 aliphatic heterocycles. The van der Waals surface area contributed by atoms with E-state index in [1.165, 1.54) is 11.8 Å². The molecule has 0 spiro atoms. The van der Waals surface area contributed by atoms with Crippen LogP contribution in [0.25, 0.3) is 0 Å². The van der Waals surface area contributed by atoms with E-state index < -0.39 is 0 Å². The van der Waals surface area contributed by atoms with E-state index in [-0.39, 0.29) is 6.61 Å². The van der Waals surface area contributed by atoms with Crippen LogP contribution < -0.4 is 0 Å². The van der Waals surface area contributed by atoms with Gasteiger partial charge in [-0.3, -0.25) is 0 Å². The molecule has 9 heteroatoms. The number of thioether (sulfide) groups is 1. The lowest BCUT2D eigenvalue weighted by Gasteiger charge is -2.05. The van der Waals surface area contributed by atoms with Crippen molar-refractivity contribution in [2.75, 3.05) is 0 Å². The molecule has 0 amide bonds. The minimum atomic E-state index is 0.235. The number of aryl methyl sites for hydroxylation is 1. The summed E-state index contributed by atoms with van der Waals surface area (Å²) in [5.41, 5.74) is 3.47. The van der Waals surface area contributed by atoms with Gasteiger partial charge >= 0.3 is 0 Å². The Kier molecular flexibility index (Phi) is 8.12. The number of hydrogen-bond acceptors (Lipinski definition) is 6. The van der Waals surface area contributed by atoms with Gasteiger partial charge in [0.25, 0.3) is 0 Å². The maximum Gasteiger partial charge on any atom is 0.209 e. The summed E-state index contributed by atoms with van der Waals surface area (Å²) < 4.78 is 0. The molecule has 0 bridgehead atoms. The number of nitrogens with zero attached hydrogens (tertiary/aromatic N) is 4. The lowest BCUT2D eigenvalue weighted by atomic mass is 10.2. The van der Waals surface area contributed by atoms with Crippen molar-refractivity contribution >= 4 is 52.8 Å². The van der Waals surface area contributed by atoms with E-state index in [0.29, 0.717) is 26.6 Å². The molecule has 2 aromatic carbocycles. The molecule has 3 rings (SSSR count). The molecular formula is C20H17Cl3N4OS. The zero-order valence-corrected chi connectivity index (χ0v) is 18.6. The predicted octanol–water partition coefficient (Wildman–Crippen LogP) is 6.18. The topological polar surface area (TPSA) is 60.3 Å². The third-order valence-electron chi connectivity index (χ3n) is 3.90. The highest BCUT2D eigenvalue weighted by Gasteiger charge is 2.07. The van der Waals surface area contributed by atoms with E-state index in [9.17, 15) is 0 Å². The Balaban J connectivity index is 1.53. The molecule has 0 radical (unpaired) electrons. The molecule has 150 valence electrons. The Bertz CT molecular complexity index is 1000. The van der Waals surface area contributed by atoms with Crippen LogP contribution in [0.1, 0.15) is 22.5 Å². The van der Waals surface area contributed by atoms with Crippen LogP contribution in [-0.2, 0) is 23.6 Å². The van der Waals surface area contributed by atoms with Crippen LogP contribution in [0.15, 0.2) is 52.8 Å². The number of aromatic nitrogens is 3. The predicted molar refractivity (Wildman–Crippen MR) is 119 cm³/mol. The zero-order valence-electron chi connectivity index (χ0n) is 15.5. The van der Waals surface area contributed by atoms with Crippen molar-refractivity contribution in [2.24, 2.45) is 5.16 Å². The average molecular weight is 468 g/mol. The van der Waals surface area contributed by atoms with Crippen LogP contribution in [0.3, 0.4) is 0 Å². The third-order valence-corrected chi connectivity index (χ3v) is 5.92. The zero-order chi connectivity index (χ0) is 20.6. The molecule has 0 saturated carbocycles. The fraction of sp³-hybridized carbons (Fsp3) is 0.200. The molecule has 0 aliphatic carbocycles. The summed E-state index contributed by atoms with van der Waals surface area (Å²) in [6.45, 7) is 2.10. The number of benzene rings is 2. The highest BCUT2D eigenvalue weighted by atomic mass is 35.5. The minimum absolute atomic E-state index is 0.235. The number of oxime groups is 1. The van der Waals surface area contributed by atoms with Gasteiger partial charge in [-0.15, -0.1) is 5.10 Å². The molecule has 0 saturated heterocycles. The summed E-state index contributed by atoms with van der Waals surface area (Å²) in [4.78, 5) is 9.87. The van der Waals surface area contributed by atoms with Crippen LogP contribution in [0, 0.1) is 6.92 Å². The van der Waals surface area contributed by atoms with Crippen LogP contribution in [-0.4, -0.2) is 21.4 Å². The van der Waals surface area contributed by atoms with Gasteiger partial charge in [-0.05, 0) is 30.7 Å². The van der Waals surface area contributed by atoms with Crippen LogP contribution in [0.5, 0.6) is 0 Å². The third kappa shape index (κ3) is 6.57. The fourth-order valence-electron chi connectivity index (χ4n) is 2.32. The highest BCUT2D eigenvalue weighted by molar-refractivity contribution is 7.98. The molecule has 1 aromatic heterocycles. The van der Waals surface area contributed by atoms with Crippen molar-refractivity contribution in [2.45, 2.75) is 30.9 Å². The first-order chi connectivity index (χ1) is 14.0. The first-order valence-electron chi connectivity index (χ1n) is 8.67. The summed E-state index contributed by atoms with van der Waals surface area (Å²) in [6.07, 6.45) is 2.13. The maximum absolute atomic E-state index is 6.12. The van der Waals surface area contributed by atoms with Gasteiger partial charge in [0, 0.05) is 29.0 Å². The second-order valence-electron chi connectivity index (χ2n) is 6.02. The van der Waals surface area contributed by atoms with Crippen LogP contribution >= 0.6 is 46.6 Å². The fourth-order valence-corrected chi connectivity index (χ4v) is 3.58. The second-order valence-corrected chi connectivity index (χ2v) is 8.18. The minimum Gasteiger partial charge on any atom is -0.391 e. The quantitative estimate of drug-likeness (QED) is 0.225. The molecule has 0 unspecified atom stereocenters. The van der Waals surface area contributed by atoms with Gasteiger partial charge in [0.1, 0.15) is 6.61 Å². The van der Waals surface area contributed by atoms with Gasteiger partial charge in [0.2, 0.25) is 5.16 Å². The number of rotatable bonds is 8. The molecule has 1 heterocycles. The molecule has 29 heavy (non-hydrogen) atoms. The molecule has 0 N–H and O–H groups in total. The normalized spacial score (nSPS) is 11.2. The number of hydrogen-bond donors (Lipinski definition) is 0. The van der Waals surface area contributed by atoms with Crippen molar-refractivity contribution in [1.82, 2.24) is 15.2 Å². The van der Waals surface area contributed by atoms with E-state index in [0.717, 1.165) is 28.3 Å². The Hall–Kier alpha value is -1.86. The molecular weight excluding hydrogens is 451 g/mol. The molecule has 0 fully saturated rings. The van der Waals surface area contributed by atoms with Gasteiger partial charge in [0.05, 0.1) is 21.4 Å². The average Bonchev–Trinajstić information content (AvgIpc) is 2.72. The molecule has 5 nitrogen and oxygen atoms in total. The van der Waals surface area contributed by atoms with Crippen molar-refractivity contribution < 1.29 is 4.84 Å². The van der Waals surface area contributed by atoms with Crippen LogP contribution in [0.4, 0.5) is 0 Å². The molecule has 0 atom stereocenters. The van der Waals surface area contributed by atoms with E-state index >= 15 is 0 Å². The van der Waals surface area contributed by atoms with Crippen LogP contribution in [0.2, 0.25) is 15.1 Å². The summed E-state index contributed by atoms with van der Waals surface area (Å²) in [6, 6.07) is 13.1. The Morgan fingerprint density at radius 2 is 1.86 bits per heavy atom. The lowest BCUT2D eigenvalue weighted by Crippen LogP contribution is -2.03. The first kappa shape index (κ1) is 21.8. The largest absolute Gasteiger partial charge is 0.391 e. The Labute approximate surface area is 188 Å². The standard InChI is InChI=1S/C20H17Cl3N4OS/c1-13-18(9-10-24-28-11-15-3-2-4-17(22)19(15)23)25-20(27-26-13)29-12-14-5-7-16(21)8-6-14/h2-8,10H,9,11-12H2,1H3. The Morgan fingerprint density at radius 3 is 2.66 bits per heavy atom. The first-order valence-corrected chi connectivity index (χ1v) is 10.8. The van der Waals surface area contributed by atoms with E-state index in [2.05, 4.69) is 20.3 Å². The van der Waals surface area contributed by atoms with E-state index in [1.54, 1.807) is 12.3 Å². The summed E-state index contributed by atoms with van der Waals surface area (Å²) in [5, 5.41) is 14.6. The Morgan fingerprint density at radius 1 is 1.07 bits per heavy atom. The number of halogens is 3. The molecule has 3 aromatic rings. The SMILES string of the molecule is Cc1nnc(SCc2ccc(Cl)cc2)nc1CC=NOCc1cccc(Cl)c1Cl. The maximum atomic E-state index is 6.12. The second kappa shape index (κ2) is 10.8. The summed E-state index contributed by atoms with van der Waals surface area (Å²) >= 11 is 19.5. The van der Waals surface area contributed by atoms with Gasteiger partial charge in [-0.1, -0.05) is 76.0 Å². The van der Waals surface area contributed by atoms with E-state index in [4.69, 9.17) is 39.6 Å². The highest BCUT2D eigenvalue weighted by Crippen LogP contribution is 2.26. The smallest absolute Gasteiger partial charge is 0.209 e. The van der Waals surface area contributed by atoms with Crippen molar-refractivity contribution in [3.8, 4) is 0 Å².